The number of piperazine rings is 1. The van der Waals surface area contributed by atoms with Crippen LogP contribution in [0.5, 0.6) is 0 Å². The van der Waals surface area contributed by atoms with Crippen LogP contribution >= 0.6 is 11.3 Å². The van der Waals surface area contributed by atoms with Gasteiger partial charge in [-0.2, -0.15) is 0 Å². The highest BCUT2D eigenvalue weighted by Gasteiger charge is 2.17. The molecule has 0 bridgehead atoms. The van der Waals surface area contributed by atoms with Gasteiger partial charge in [0.25, 0.3) is 0 Å². The van der Waals surface area contributed by atoms with Gasteiger partial charge in [0, 0.05) is 39.1 Å². The van der Waals surface area contributed by atoms with Gasteiger partial charge >= 0.3 is 0 Å². The summed E-state index contributed by atoms with van der Waals surface area (Å²) in [4.78, 5) is 21.5. The summed E-state index contributed by atoms with van der Waals surface area (Å²) in [6.07, 6.45) is 0.562. The molecule has 1 saturated heterocycles. The zero-order valence-corrected chi connectivity index (χ0v) is 11.8. The average molecular weight is 268 g/mol. The highest BCUT2D eigenvalue weighted by molar-refractivity contribution is 7.17. The van der Waals surface area contributed by atoms with Crippen molar-refractivity contribution in [3.8, 4) is 0 Å². The van der Waals surface area contributed by atoms with Crippen molar-refractivity contribution in [2.75, 3.05) is 45.5 Å². The van der Waals surface area contributed by atoms with Crippen molar-refractivity contribution in [3.05, 3.63) is 10.6 Å². The van der Waals surface area contributed by atoms with Crippen molar-refractivity contribution >= 4 is 22.3 Å². The van der Waals surface area contributed by atoms with Gasteiger partial charge in [0.15, 0.2) is 10.9 Å². The number of anilines is 1. The van der Waals surface area contributed by atoms with Crippen molar-refractivity contribution < 1.29 is 4.79 Å². The third-order valence-electron chi connectivity index (χ3n) is 3.32. The summed E-state index contributed by atoms with van der Waals surface area (Å²) in [5, 5.41) is 0.482. The van der Waals surface area contributed by atoms with Gasteiger partial charge in [-0.15, -0.1) is 0 Å². The minimum atomic E-state index is 0.167. The van der Waals surface area contributed by atoms with Gasteiger partial charge in [0.1, 0.15) is 0 Å². The fraction of sp³-hybridized carbons (Fsp3) is 0.667. The second-order valence-electron chi connectivity index (χ2n) is 4.78. The number of rotatable bonds is 4. The second-order valence-corrected chi connectivity index (χ2v) is 5.82. The van der Waals surface area contributed by atoms with Crippen LogP contribution in [0.3, 0.4) is 0 Å². The molecule has 1 aromatic heterocycles. The Hall–Kier alpha value is -0.980. The van der Waals surface area contributed by atoms with E-state index < -0.39 is 0 Å². The number of aromatic nitrogens is 1. The van der Waals surface area contributed by atoms with E-state index in [4.69, 9.17) is 5.73 Å². The van der Waals surface area contributed by atoms with E-state index in [1.54, 1.807) is 0 Å². The number of thiazole rings is 1. The molecule has 2 N–H and O–H groups in total. The van der Waals surface area contributed by atoms with Crippen LogP contribution in [-0.4, -0.2) is 60.3 Å². The summed E-state index contributed by atoms with van der Waals surface area (Å²) in [6.45, 7) is 6.95. The predicted octanol–water partition coefficient (Wildman–Crippen LogP) is 0.854. The molecule has 1 fully saturated rings. The van der Waals surface area contributed by atoms with E-state index in [9.17, 15) is 4.79 Å². The molecule has 0 aliphatic carbocycles. The van der Waals surface area contributed by atoms with E-state index in [-0.39, 0.29) is 5.78 Å². The van der Waals surface area contributed by atoms with Crippen LogP contribution in [0.25, 0.3) is 0 Å². The van der Waals surface area contributed by atoms with E-state index in [1.807, 2.05) is 6.92 Å². The van der Waals surface area contributed by atoms with Crippen molar-refractivity contribution in [1.29, 1.82) is 0 Å². The van der Waals surface area contributed by atoms with E-state index in [1.165, 1.54) is 11.3 Å². The molecule has 0 atom stereocenters. The second kappa shape index (κ2) is 5.77. The number of nitrogen functional groups attached to an aromatic ring is 1. The molecule has 6 heteroatoms. The molecule has 0 amide bonds. The zero-order valence-electron chi connectivity index (χ0n) is 11.0. The molecule has 0 aromatic carbocycles. The van der Waals surface area contributed by atoms with Crippen LogP contribution in [0.4, 0.5) is 5.13 Å². The molecule has 18 heavy (non-hydrogen) atoms. The first-order valence-corrected chi connectivity index (χ1v) is 7.05. The van der Waals surface area contributed by atoms with Crippen LogP contribution in [0.1, 0.15) is 21.8 Å². The van der Waals surface area contributed by atoms with Crippen molar-refractivity contribution in [1.82, 2.24) is 14.8 Å². The van der Waals surface area contributed by atoms with Crippen LogP contribution in [0.2, 0.25) is 0 Å². The molecule has 0 spiro atoms. The monoisotopic (exact) mass is 268 g/mol. The molecule has 2 rings (SSSR count). The number of carbonyl (C=O) groups is 1. The van der Waals surface area contributed by atoms with Crippen LogP contribution < -0.4 is 5.73 Å². The number of nitrogens with two attached hydrogens (primary N) is 1. The fourth-order valence-electron chi connectivity index (χ4n) is 2.12. The SMILES string of the molecule is Cc1nc(N)sc1C(=O)CCN1CCN(C)CC1. The Morgan fingerprint density at radius 1 is 1.39 bits per heavy atom. The Balaban J connectivity index is 1.83. The molecule has 0 unspecified atom stereocenters. The lowest BCUT2D eigenvalue weighted by atomic mass is 10.2. The lowest BCUT2D eigenvalue weighted by molar-refractivity contribution is 0.0945. The van der Waals surface area contributed by atoms with Gasteiger partial charge in [-0.05, 0) is 14.0 Å². The summed E-state index contributed by atoms with van der Waals surface area (Å²) < 4.78 is 0. The highest BCUT2D eigenvalue weighted by Crippen LogP contribution is 2.21. The van der Waals surface area contributed by atoms with Gasteiger partial charge in [0.05, 0.1) is 10.6 Å². The van der Waals surface area contributed by atoms with E-state index in [2.05, 4.69) is 21.8 Å². The zero-order chi connectivity index (χ0) is 13.1. The number of aryl methyl sites for hydroxylation is 1. The Labute approximate surface area is 112 Å². The minimum absolute atomic E-state index is 0.167. The Morgan fingerprint density at radius 2 is 2.06 bits per heavy atom. The third-order valence-corrected chi connectivity index (χ3v) is 4.35. The van der Waals surface area contributed by atoms with E-state index in [0.717, 1.165) is 43.3 Å². The van der Waals surface area contributed by atoms with Crippen LogP contribution in [-0.2, 0) is 0 Å². The van der Waals surface area contributed by atoms with Gasteiger partial charge < -0.3 is 15.5 Å². The minimum Gasteiger partial charge on any atom is -0.375 e. The fourth-order valence-corrected chi connectivity index (χ4v) is 2.92. The Morgan fingerprint density at radius 3 is 2.61 bits per heavy atom. The molecule has 2 heterocycles. The molecule has 1 aromatic rings. The highest BCUT2D eigenvalue weighted by atomic mass is 32.1. The van der Waals surface area contributed by atoms with E-state index in [0.29, 0.717) is 11.6 Å². The molecule has 0 radical (unpaired) electrons. The topological polar surface area (TPSA) is 62.5 Å². The molecular formula is C12H20N4OS. The molecule has 1 aliphatic heterocycles. The number of hydrogen-bond acceptors (Lipinski definition) is 6. The van der Waals surface area contributed by atoms with Crippen LogP contribution in [0, 0.1) is 6.92 Å². The van der Waals surface area contributed by atoms with Crippen molar-refractivity contribution in [2.24, 2.45) is 0 Å². The maximum absolute atomic E-state index is 12.1. The largest absolute Gasteiger partial charge is 0.375 e. The molecular weight excluding hydrogens is 248 g/mol. The lowest BCUT2D eigenvalue weighted by Crippen LogP contribution is -2.45. The first kappa shape index (κ1) is 13.5. The number of ketones is 1. The number of carbonyl (C=O) groups excluding carboxylic acids is 1. The predicted molar refractivity (Wildman–Crippen MR) is 74.1 cm³/mol. The lowest BCUT2D eigenvalue weighted by Gasteiger charge is -2.32. The standard InChI is InChI=1S/C12H20N4OS/c1-9-11(18-12(13)14-9)10(17)3-4-16-7-5-15(2)6-8-16/h3-8H2,1-2H3,(H2,13,14). The summed E-state index contributed by atoms with van der Waals surface area (Å²) in [7, 11) is 2.13. The normalized spacial score (nSPS) is 18.1. The Kier molecular flexibility index (Phi) is 4.31. The van der Waals surface area contributed by atoms with Gasteiger partial charge in [-0.3, -0.25) is 4.79 Å². The number of nitrogens with zero attached hydrogens (tertiary/aromatic N) is 3. The maximum Gasteiger partial charge on any atom is 0.180 e. The van der Waals surface area contributed by atoms with E-state index >= 15 is 0 Å². The van der Waals surface area contributed by atoms with Gasteiger partial charge in [-0.25, -0.2) is 4.98 Å². The Bertz CT molecular complexity index is 424. The average Bonchev–Trinajstić information content (AvgIpc) is 2.67. The summed E-state index contributed by atoms with van der Waals surface area (Å²) >= 11 is 1.30. The first-order valence-electron chi connectivity index (χ1n) is 6.23. The molecule has 1 aliphatic rings. The van der Waals surface area contributed by atoms with Crippen LogP contribution in [0.15, 0.2) is 0 Å². The molecule has 0 saturated carbocycles. The quantitative estimate of drug-likeness (QED) is 0.820. The molecule has 100 valence electrons. The summed E-state index contributed by atoms with van der Waals surface area (Å²) in [6, 6.07) is 0. The summed E-state index contributed by atoms with van der Waals surface area (Å²) in [5.41, 5.74) is 6.38. The number of likely N-dealkylation sites (N-methyl/N-ethyl adjacent to an activating group) is 1. The van der Waals surface area contributed by atoms with Crippen molar-refractivity contribution in [3.63, 3.8) is 0 Å². The summed E-state index contributed by atoms with van der Waals surface area (Å²) in [5.74, 6) is 0.167. The number of Topliss-reactive ketones (excluding diaryl/α,β-unsaturated/α-hetero) is 1. The smallest absolute Gasteiger partial charge is 0.180 e. The number of hydrogen-bond donors (Lipinski definition) is 1. The maximum atomic E-state index is 12.1. The molecule has 5 nitrogen and oxygen atoms in total. The third kappa shape index (κ3) is 3.28. The first-order chi connectivity index (χ1) is 8.56. The van der Waals surface area contributed by atoms with Crippen molar-refractivity contribution in [2.45, 2.75) is 13.3 Å². The van der Waals surface area contributed by atoms with Gasteiger partial charge in [-0.1, -0.05) is 11.3 Å². The van der Waals surface area contributed by atoms with Gasteiger partial charge in [0.2, 0.25) is 0 Å².